The van der Waals surface area contributed by atoms with Crippen LogP contribution in [0.2, 0.25) is 0 Å². The SMILES string of the molecule is Cc1ccc(S(=O)(=O)N2CCC(CCC(=O)NCCc3ccncc3)CC2)cc1. The zero-order chi connectivity index (χ0) is 20.7. The molecule has 0 saturated carbocycles. The summed E-state index contributed by atoms with van der Waals surface area (Å²) in [5.41, 5.74) is 2.20. The zero-order valence-electron chi connectivity index (χ0n) is 16.9. The highest BCUT2D eigenvalue weighted by Gasteiger charge is 2.29. The van der Waals surface area contributed by atoms with Gasteiger partial charge in [-0.1, -0.05) is 17.7 Å². The molecule has 7 heteroatoms. The van der Waals surface area contributed by atoms with Gasteiger partial charge in [-0.3, -0.25) is 9.78 Å². The van der Waals surface area contributed by atoms with Gasteiger partial charge >= 0.3 is 0 Å². The van der Waals surface area contributed by atoms with Gasteiger partial charge in [-0.05, 0) is 68.4 Å². The molecule has 1 fully saturated rings. The van der Waals surface area contributed by atoms with E-state index in [9.17, 15) is 13.2 Å². The van der Waals surface area contributed by atoms with Gasteiger partial charge in [0, 0.05) is 38.4 Å². The molecule has 1 aliphatic rings. The molecule has 1 aliphatic heterocycles. The lowest BCUT2D eigenvalue weighted by Crippen LogP contribution is -2.38. The summed E-state index contributed by atoms with van der Waals surface area (Å²) in [6.45, 7) is 3.60. The molecule has 0 bridgehead atoms. The first-order valence-electron chi connectivity index (χ1n) is 10.2. The second-order valence-electron chi connectivity index (χ2n) is 7.65. The fourth-order valence-corrected chi connectivity index (χ4v) is 5.09. The van der Waals surface area contributed by atoms with Crippen LogP contribution in [0.15, 0.2) is 53.7 Å². The number of sulfonamides is 1. The molecule has 2 heterocycles. The van der Waals surface area contributed by atoms with E-state index >= 15 is 0 Å². The quantitative estimate of drug-likeness (QED) is 0.719. The Bertz CT molecular complexity index is 891. The molecule has 3 rings (SSSR count). The lowest BCUT2D eigenvalue weighted by atomic mass is 9.93. The minimum absolute atomic E-state index is 0.0637. The van der Waals surface area contributed by atoms with E-state index in [-0.39, 0.29) is 5.91 Å². The lowest BCUT2D eigenvalue weighted by Gasteiger charge is -2.31. The molecule has 1 amide bonds. The van der Waals surface area contributed by atoms with Crippen molar-refractivity contribution in [2.24, 2.45) is 5.92 Å². The minimum atomic E-state index is -3.42. The predicted octanol–water partition coefficient (Wildman–Crippen LogP) is 2.93. The Morgan fingerprint density at radius 2 is 1.76 bits per heavy atom. The van der Waals surface area contributed by atoms with Crippen LogP contribution in [-0.4, -0.2) is 43.2 Å². The van der Waals surface area contributed by atoms with Crippen molar-refractivity contribution < 1.29 is 13.2 Å². The summed E-state index contributed by atoms with van der Waals surface area (Å²) >= 11 is 0. The van der Waals surface area contributed by atoms with E-state index in [4.69, 9.17) is 0 Å². The highest BCUT2D eigenvalue weighted by molar-refractivity contribution is 7.89. The molecule has 29 heavy (non-hydrogen) atoms. The van der Waals surface area contributed by atoms with Crippen LogP contribution >= 0.6 is 0 Å². The highest BCUT2D eigenvalue weighted by Crippen LogP contribution is 2.26. The molecule has 1 aromatic carbocycles. The van der Waals surface area contributed by atoms with Crippen LogP contribution in [-0.2, 0) is 21.2 Å². The number of carbonyl (C=O) groups excluding carboxylic acids is 1. The van der Waals surface area contributed by atoms with Gasteiger partial charge in [0.05, 0.1) is 4.90 Å². The number of nitrogens with one attached hydrogen (secondary N) is 1. The largest absolute Gasteiger partial charge is 0.356 e. The summed E-state index contributed by atoms with van der Waals surface area (Å²) in [6, 6.07) is 10.9. The summed E-state index contributed by atoms with van der Waals surface area (Å²) in [5, 5.41) is 2.96. The number of carbonyl (C=O) groups is 1. The number of pyridine rings is 1. The van der Waals surface area contributed by atoms with Crippen LogP contribution in [0.1, 0.15) is 36.8 Å². The number of rotatable bonds is 8. The van der Waals surface area contributed by atoms with Crippen LogP contribution < -0.4 is 5.32 Å². The predicted molar refractivity (Wildman–Crippen MR) is 113 cm³/mol. The van der Waals surface area contributed by atoms with E-state index in [0.717, 1.165) is 36.8 Å². The number of aryl methyl sites for hydroxylation is 1. The van der Waals surface area contributed by atoms with Crippen molar-refractivity contribution in [3.63, 3.8) is 0 Å². The first kappa shape index (κ1) is 21.5. The van der Waals surface area contributed by atoms with Crippen molar-refractivity contribution in [1.82, 2.24) is 14.6 Å². The molecule has 1 N–H and O–H groups in total. The zero-order valence-corrected chi connectivity index (χ0v) is 17.7. The average molecular weight is 416 g/mol. The standard InChI is InChI=1S/C22H29N3O3S/c1-18-2-5-21(6-3-18)29(27,28)25-16-11-19(12-17-25)4-7-22(26)24-15-10-20-8-13-23-14-9-20/h2-3,5-6,8-9,13-14,19H,4,7,10-12,15-17H2,1H3,(H,24,26). The second-order valence-corrected chi connectivity index (χ2v) is 9.59. The molecule has 6 nitrogen and oxygen atoms in total. The maximum atomic E-state index is 12.8. The molecule has 0 aliphatic carbocycles. The highest BCUT2D eigenvalue weighted by atomic mass is 32.2. The van der Waals surface area contributed by atoms with Crippen LogP contribution in [0.25, 0.3) is 0 Å². The van der Waals surface area contributed by atoms with E-state index < -0.39 is 10.0 Å². The number of aromatic nitrogens is 1. The summed E-state index contributed by atoms with van der Waals surface area (Å²) in [4.78, 5) is 16.4. The minimum Gasteiger partial charge on any atom is -0.356 e. The molecule has 0 radical (unpaired) electrons. The third-order valence-corrected chi connectivity index (χ3v) is 7.41. The van der Waals surface area contributed by atoms with E-state index in [1.807, 2.05) is 31.2 Å². The summed E-state index contributed by atoms with van der Waals surface area (Å²) in [6.07, 6.45) is 7.20. The molecule has 156 valence electrons. The van der Waals surface area contributed by atoms with Crippen molar-refractivity contribution in [3.05, 3.63) is 59.9 Å². The van der Waals surface area contributed by atoms with Gasteiger partial charge in [0.1, 0.15) is 0 Å². The fraction of sp³-hybridized carbons (Fsp3) is 0.455. The van der Waals surface area contributed by atoms with Crippen molar-refractivity contribution in [3.8, 4) is 0 Å². The lowest BCUT2D eigenvalue weighted by molar-refractivity contribution is -0.121. The first-order valence-corrected chi connectivity index (χ1v) is 11.6. The van der Waals surface area contributed by atoms with E-state index in [1.165, 1.54) is 0 Å². The number of benzene rings is 1. The van der Waals surface area contributed by atoms with E-state index in [1.54, 1.807) is 28.8 Å². The molecule has 0 spiro atoms. The Balaban J connectivity index is 1.38. The van der Waals surface area contributed by atoms with Gasteiger partial charge in [-0.25, -0.2) is 8.42 Å². The molecular weight excluding hydrogens is 386 g/mol. The van der Waals surface area contributed by atoms with E-state index in [0.29, 0.717) is 36.9 Å². The van der Waals surface area contributed by atoms with Crippen molar-refractivity contribution in [2.75, 3.05) is 19.6 Å². The van der Waals surface area contributed by atoms with Crippen LogP contribution in [0.5, 0.6) is 0 Å². The molecule has 2 aromatic rings. The topological polar surface area (TPSA) is 79.4 Å². The Morgan fingerprint density at radius 1 is 1.10 bits per heavy atom. The van der Waals surface area contributed by atoms with Gasteiger partial charge in [0.2, 0.25) is 15.9 Å². The number of hydrogen-bond acceptors (Lipinski definition) is 4. The Morgan fingerprint density at radius 3 is 2.41 bits per heavy atom. The normalized spacial score (nSPS) is 15.9. The average Bonchev–Trinajstić information content (AvgIpc) is 2.74. The van der Waals surface area contributed by atoms with Gasteiger partial charge in [0.15, 0.2) is 0 Å². The van der Waals surface area contributed by atoms with Crippen LogP contribution in [0, 0.1) is 12.8 Å². The number of nitrogens with zero attached hydrogens (tertiary/aromatic N) is 2. The van der Waals surface area contributed by atoms with Gasteiger partial charge < -0.3 is 5.32 Å². The summed E-state index contributed by atoms with van der Waals surface area (Å²) in [7, 11) is -3.42. The second kappa shape index (κ2) is 9.98. The maximum absolute atomic E-state index is 12.8. The maximum Gasteiger partial charge on any atom is 0.243 e. The molecule has 0 atom stereocenters. The summed E-state index contributed by atoms with van der Waals surface area (Å²) in [5.74, 6) is 0.458. The Hall–Kier alpha value is -2.25. The fourth-order valence-electron chi connectivity index (χ4n) is 3.62. The number of amides is 1. The number of hydrogen-bond donors (Lipinski definition) is 1. The Kier molecular flexibility index (Phi) is 7.39. The van der Waals surface area contributed by atoms with Crippen molar-refractivity contribution in [2.45, 2.75) is 43.9 Å². The van der Waals surface area contributed by atoms with Crippen molar-refractivity contribution in [1.29, 1.82) is 0 Å². The van der Waals surface area contributed by atoms with Gasteiger partial charge in [0.25, 0.3) is 0 Å². The smallest absolute Gasteiger partial charge is 0.243 e. The van der Waals surface area contributed by atoms with Gasteiger partial charge in [-0.15, -0.1) is 0 Å². The number of piperidine rings is 1. The van der Waals surface area contributed by atoms with Crippen molar-refractivity contribution >= 4 is 15.9 Å². The third-order valence-electron chi connectivity index (χ3n) is 5.50. The Labute approximate surface area is 173 Å². The summed E-state index contributed by atoms with van der Waals surface area (Å²) < 4.78 is 27.1. The molecule has 1 aromatic heterocycles. The third kappa shape index (κ3) is 6.11. The molecule has 0 unspecified atom stereocenters. The van der Waals surface area contributed by atoms with Crippen LogP contribution in [0.3, 0.4) is 0 Å². The first-order chi connectivity index (χ1) is 13.9. The molecular formula is C22H29N3O3S. The van der Waals surface area contributed by atoms with Gasteiger partial charge in [-0.2, -0.15) is 4.31 Å². The monoisotopic (exact) mass is 415 g/mol. The molecule has 1 saturated heterocycles. The van der Waals surface area contributed by atoms with Crippen LogP contribution in [0.4, 0.5) is 0 Å². The van der Waals surface area contributed by atoms with E-state index in [2.05, 4.69) is 10.3 Å².